The summed E-state index contributed by atoms with van der Waals surface area (Å²) in [6.07, 6.45) is 4.57. The molecule has 0 bridgehead atoms. The third kappa shape index (κ3) is 2.96. The van der Waals surface area contributed by atoms with Crippen molar-refractivity contribution in [2.75, 3.05) is 0 Å². The summed E-state index contributed by atoms with van der Waals surface area (Å²) in [6, 6.07) is 4.34. The van der Waals surface area contributed by atoms with Gasteiger partial charge in [-0.05, 0) is 56.9 Å². The highest BCUT2D eigenvalue weighted by Crippen LogP contribution is 2.67. The smallest absolute Gasteiger partial charge is 0.0716 e. The van der Waals surface area contributed by atoms with E-state index in [-0.39, 0.29) is 0 Å². The van der Waals surface area contributed by atoms with Gasteiger partial charge in [0.1, 0.15) is 0 Å². The molecular formula is C14H8S6. The van der Waals surface area contributed by atoms with Crippen molar-refractivity contribution in [2.45, 2.75) is 0 Å². The zero-order valence-electron chi connectivity index (χ0n) is 10.1. The predicted molar refractivity (Wildman–Crippen MR) is 102 cm³/mol. The normalized spacial score (nSPS) is 17.8. The fourth-order valence-corrected chi connectivity index (χ4v) is 9.18. The summed E-state index contributed by atoms with van der Waals surface area (Å²) in [5.41, 5.74) is 2.63. The van der Waals surface area contributed by atoms with Gasteiger partial charge in [-0.2, -0.15) is 22.7 Å². The summed E-state index contributed by atoms with van der Waals surface area (Å²) in [6.45, 7) is 0. The number of thioether (sulfide) groups is 4. The Morgan fingerprint density at radius 3 is 1.45 bits per heavy atom. The van der Waals surface area contributed by atoms with Crippen molar-refractivity contribution in [1.29, 1.82) is 0 Å². The first-order chi connectivity index (χ1) is 9.87. The van der Waals surface area contributed by atoms with E-state index in [4.69, 9.17) is 0 Å². The molecule has 2 aliphatic heterocycles. The van der Waals surface area contributed by atoms with Crippen LogP contribution in [-0.2, 0) is 0 Å². The molecule has 0 saturated carbocycles. The highest BCUT2D eigenvalue weighted by molar-refractivity contribution is 8.48. The summed E-state index contributed by atoms with van der Waals surface area (Å²) < 4.78 is 5.68. The second-order valence-corrected chi connectivity index (χ2v) is 10.8. The maximum Gasteiger partial charge on any atom is 0.0716 e. The molecule has 100 valence electrons. The lowest BCUT2D eigenvalue weighted by Crippen LogP contribution is -1.68. The van der Waals surface area contributed by atoms with E-state index >= 15 is 0 Å². The SMILES string of the molecule is C(=C1SC2=C(S1)SC(=Cc1ccsc1)S2)c1ccsc1. The molecular weight excluding hydrogens is 361 g/mol. The maximum absolute atomic E-state index is 2.29. The van der Waals surface area contributed by atoms with Gasteiger partial charge in [0, 0.05) is 0 Å². The number of hydrogen-bond donors (Lipinski definition) is 0. The molecule has 0 N–H and O–H groups in total. The molecule has 4 rings (SSSR count). The van der Waals surface area contributed by atoms with Crippen LogP contribution in [-0.4, -0.2) is 0 Å². The summed E-state index contributed by atoms with van der Waals surface area (Å²) in [5, 5.41) is 8.64. The molecule has 0 spiro atoms. The van der Waals surface area contributed by atoms with Crippen LogP contribution in [0.25, 0.3) is 12.2 Å². The minimum Gasteiger partial charge on any atom is -0.152 e. The molecule has 0 fully saturated rings. The van der Waals surface area contributed by atoms with E-state index in [1.807, 2.05) is 47.0 Å². The second-order valence-electron chi connectivity index (χ2n) is 4.02. The highest BCUT2D eigenvalue weighted by Gasteiger charge is 2.29. The van der Waals surface area contributed by atoms with Gasteiger partial charge in [0.15, 0.2) is 0 Å². The Bertz CT molecular complexity index is 621. The standard InChI is InChI=1S/C14H8S6/c1-3-15-7-9(1)5-11-17-13-14(18-11)20-12(19-13)6-10-2-4-16-8-10/h1-8H. The van der Waals surface area contributed by atoms with Crippen molar-refractivity contribution in [3.05, 3.63) is 61.7 Å². The topological polar surface area (TPSA) is 0 Å². The number of hydrogen-bond acceptors (Lipinski definition) is 6. The van der Waals surface area contributed by atoms with Gasteiger partial charge in [-0.15, -0.1) is 0 Å². The van der Waals surface area contributed by atoms with Gasteiger partial charge >= 0.3 is 0 Å². The molecule has 2 aliphatic rings. The van der Waals surface area contributed by atoms with Gasteiger partial charge < -0.3 is 0 Å². The van der Waals surface area contributed by atoms with Crippen LogP contribution in [0.2, 0.25) is 0 Å². The fourth-order valence-electron chi connectivity index (χ4n) is 1.72. The molecule has 6 heteroatoms. The number of thiophene rings is 2. The molecule has 0 aliphatic carbocycles. The minimum atomic E-state index is 1.32. The van der Waals surface area contributed by atoms with Crippen molar-refractivity contribution in [2.24, 2.45) is 0 Å². The highest BCUT2D eigenvalue weighted by atomic mass is 32.3. The summed E-state index contributed by atoms with van der Waals surface area (Å²) in [7, 11) is 0. The first-order valence-corrected chi connectivity index (χ1v) is 11.0. The quantitative estimate of drug-likeness (QED) is 0.549. The Hall–Kier alpha value is 0.0200. The minimum absolute atomic E-state index is 1.32. The van der Waals surface area contributed by atoms with Crippen LogP contribution in [0, 0.1) is 0 Å². The van der Waals surface area contributed by atoms with Crippen LogP contribution in [0.4, 0.5) is 0 Å². The van der Waals surface area contributed by atoms with Gasteiger partial charge in [0.05, 0.1) is 16.9 Å². The van der Waals surface area contributed by atoms with Crippen molar-refractivity contribution in [3.8, 4) is 0 Å². The average Bonchev–Trinajstić information content (AvgIpc) is 3.14. The molecule has 2 aromatic rings. The van der Waals surface area contributed by atoms with E-state index in [0.29, 0.717) is 0 Å². The lowest BCUT2D eigenvalue weighted by molar-refractivity contribution is 1.89. The van der Waals surface area contributed by atoms with E-state index in [2.05, 4.69) is 45.8 Å². The largest absolute Gasteiger partial charge is 0.152 e. The molecule has 0 amide bonds. The lowest BCUT2D eigenvalue weighted by atomic mass is 10.3. The molecule has 0 atom stereocenters. The molecule has 0 unspecified atom stereocenters. The zero-order chi connectivity index (χ0) is 13.4. The molecule has 0 aromatic carbocycles. The molecule has 0 saturated heterocycles. The Morgan fingerprint density at radius 2 is 1.10 bits per heavy atom. The third-order valence-electron chi connectivity index (χ3n) is 2.60. The number of rotatable bonds is 2. The summed E-state index contributed by atoms with van der Waals surface area (Å²) in [4.78, 5) is 0. The molecule has 20 heavy (non-hydrogen) atoms. The van der Waals surface area contributed by atoms with Crippen molar-refractivity contribution in [1.82, 2.24) is 0 Å². The first kappa shape index (κ1) is 13.7. The van der Waals surface area contributed by atoms with Crippen LogP contribution in [0.3, 0.4) is 0 Å². The van der Waals surface area contributed by atoms with Gasteiger partial charge in [0.25, 0.3) is 0 Å². The Kier molecular flexibility index (Phi) is 4.12. The fraction of sp³-hybridized carbons (Fsp3) is 0. The van der Waals surface area contributed by atoms with Crippen molar-refractivity contribution >= 4 is 81.9 Å². The predicted octanol–water partition coefficient (Wildman–Crippen LogP) is 7.19. The second kappa shape index (κ2) is 6.02. The van der Waals surface area contributed by atoms with Crippen LogP contribution in [0.5, 0.6) is 0 Å². The van der Waals surface area contributed by atoms with Gasteiger partial charge in [0.2, 0.25) is 0 Å². The third-order valence-corrected chi connectivity index (χ3v) is 9.35. The monoisotopic (exact) mass is 368 g/mol. The van der Waals surface area contributed by atoms with Crippen molar-refractivity contribution in [3.63, 3.8) is 0 Å². The molecule has 4 heterocycles. The van der Waals surface area contributed by atoms with Crippen LogP contribution in [0.1, 0.15) is 11.1 Å². The molecule has 2 aromatic heterocycles. The van der Waals surface area contributed by atoms with E-state index in [1.165, 1.54) is 28.1 Å². The van der Waals surface area contributed by atoms with E-state index < -0.39 is 0 Å². The average molecular weight is 369 g/mol. The Labute approximate surface area is 142 Å². The maximum atomic E-state index is 2.29. The van der Waals surface area contributed by atoms with Gasteiger partial charge in [-0.1, -0.05) is 47.0 Å². The van der Waals surface area contributed by atoms with E-state index in [1.54, 1.807) is 22.7 Å². The van der Waals surface area contributed by atoms with Crippen molar-refractivity contribution < 1.29 is 0 Å². The zero-order valence-corrected chi connectivity index (χ0v) is 15.0. The van der Waals surface area contributed by atoms with Crippen LogP contribution in [0.15, 0.2) is 50.6 Å². The molecule has 0 nitrogen and oxygen atoms in total. The Balaban J connectivity index is 1.47. The van der Waals surface area contributed by atoms with Crippen LogP contribution < -0.4 is 0 Å². The van der Waals surface area contributed by atoms with Crippen LogP contribution >= 0.6 is 69.7 Å². The summed E-state index contributed by atoms with van der Waals surface area (Å²) in [5.74, 6) is 0. The summed E-state index contributed by atoms with van der Waals surface area (Å²) >= 11 is 11.1. The Morgan fingerprint density at radius 1 is 0.650 bits per heavy atom. The van der Waals surface area contributed by atoms with Gasteiger partial charge in [-0.25, -0.2) is 0 Å². The van der Waals surface area contributed by atoms with E-state index in [0.717, 1.165) is 0 Å². The van der Waals surface area contributed by atoms with Gasteiger partial charge in [-0.3, -0.25) is 0 Å². The molecule has 0 radical (unpaired) electrons. The van der Waals surface area contributed by atoms with E-state index in [9.17, 15) is 0 Å². The lowest BCUT2D eigenvalue weighted by Gasteiger charge is -2.01. The first-order valence-electron chi connectivity index (χ1n) is 5.80.